The van der Waals surface area contributed by atoms with Crippen LogP contribution in [0.1, 0.15) is 27.7 Å². The average molecular weight is 259 g/mol. The van der Waals surface area contributed by atoms with Gasteiger partial charge >= 0.3 is 12.1 Å². The first-order chi connectivity index (χ1) is 8.08. The number of carbonyl (C=O) groups excluding carboxylic acids is 3. The molecule has 1 atom stereocenters. The van der Waals surface area contributed by atoms with E-state index in [-0.39, 0.29) is 6.54 Å². The quantitative estimate of drug-likeness (QED) is 0.561. The molecule has 0 N–H and O–H groups in total. The maximum absolute atomic E-state index is 11.6. The Morgan fingerprint density at radius 1 is 1.22 bits per heavy atom. The lowest BCUT2D eigenvalue weighted by Gasteiger charge is -2.25. The highest BCUT2D eigenvalue weighted by Crippen LogP contribution is 2.10. The van der Waals surface area contributed by atoms with Gasteiger partial charge in [0.25, 0.3) is 0 Å². The van der Waals surface area contributed by atoms with E-state index in [4.69, 9.17) is 4.74 Å². The van der Waals surface area contributed by atoms with Crippen molar-refractivity contribution in [2.75, 3.05) is 20.7 Å². The van der Waals surface area contributed by atoms with Crippen LogP contribution in [0.4, 0.5) is 4.79 Å². The van der Waals surface area contributed by atoms with Crippen LogP contribution in [-0.2, 0) is 19.1 Å². The van der Waals surface area contributed by atoms with E-state index in [2.05, 4.69) is 4.74 Å². The Balaban J connectivity index is 4.39. The molecule has 0 radical (unpaired) electrons. The van der Waals surface area contributed by atoms with Gasteiger partial charge < -0.3 is 14.4 Å². The van der Waals surface area contributed by atoms with Gasteiger partial charge in [0.05, 0.1) is 7.11 Å². The number of nitrogens with zero attached hydrogens (tertiary/aromatic N) is 1. The third-order valence-electron chi connectivity index (χ3n) is 2.09. The van der Waals surface area contributed by atoms with Gasteiger partial charge in [-0.3, -0.25) is 4.79 Å². The van der Waals surface area contributed by atoms with Gasteiger partial charge in [0.15, 0.2) is 0 Å². The van der Waals surface area contributed by atoms with Gasteiger partial charge in [-0.05, 0) is 20.8 Å². The average Bonchev–Trinajstić information content (AvgIpc) is 2.24. The Hall–Kier alpha value is -1.59. The number of amides is 1. The normalized spacial score (nSPS) is 12.6. The van der Waals surface area contributed by atoms with Crippen LogP contribution < -0.4 is 0 Å². The van der Waals surface area contributed by atoms with E-state index < -0.39 is 29.4 Å². The van der Waals surface area contributed by atoms with Crippen molar-refractivity contribution in [3.05, 3.63) is 0 Å². The maximum atomic E-state index is 11.6. The number of methoxy groups -OCH3 is 1. The molecule has 0 bridgehead atoms. The minimum atomic E-state index is -0.903. The second-order valence-corrected chi connectivity index (χ2v) is 5.12. The lowest BCUT2D eigenvalue weighted by molar-refractivity contribution is -0.153. The Bertz CT molecular complexity index is 332. The molecule has 0 rings (SSSR count). The van der Waals surface area contributed by atoms with Crippen molar-refractivity contribution < 1.29 is 23.9 Å². The Labute approximate surface area is 107 Å². The van der Waals surface area contributed by atoms with E-state index in [9.17, 15) is 14.4 Å². The van der Waals surface area contributed by atoms with Crippen molar-refractivity contribution >= 4 is 17.8 Å². The van der Waals surface area contributed by atoms with Crippen molar-refractivity contribution in [3.63, 3.8) is 0 Å². The summed E-state index contributed by atoms with van der Waals surface area (Å²) in [6.07, 6.45) is -0.535. The van der Waals surface area contributed by atoms with Gasteiger partial charge in [-0.2, -0.15) is 0 Å². The van der Waals surface area contributed by atoms with Crippen LogP contribution in [0.25, 0.3) is 0 Å². The molecule has 0 aliphatic carbocycles. The van der Waals surface area contributed by atoms with E-state index in [1.54, 1.807) is 27.7 Å². The highest BCUT2D eigenvalue weighted by molar-refractivity contribution is 6.34. The van der Waals surface area contributed by atoms with Crippen molar-refractivity contribution in [1.82, 2.24) is 4.90 Å². The standard InChI is InChI=1S/C12H21NO5/c1-8(9(14)10(15)17-6)7-13(5)11(16)18-12(2,3)4/h8H,7H2,1-6H3. The van der Waals surface area contributed by atoms with Crippen LogP contribution in [0, 0.1) is 5.92 Å². The van der Waals surface area contributed by atoms with Crippen molar-refractivity contribution in [2.24, 2.45) is 5.92 Å². The SMILES string of the molecule is COC(=O)C(=O)C(C)CN(C)C(=O)OC(C)(C)C. The molecule has 6 heteroatoms. The number of Topliss-reactive ketones (excluding diaryl/α,β-unsaturated/α-hetero) is 1. The fraction of sp³-hybridized carbons (Fsp3) is 0.750. The van der Waals surface area contributed by atoms with E-state index in [1.807, 2.05) is 0 Å². The zero-order chi connectivity index (χ0) is 14.5. The van der Waals surface area contributed by atoms with Crippen molar-refractivity contribution in [1.29, 1.82) is 0 Å². The molecule has 1 amide bonds. The van der Waals surface area contributed by atoms with Crippen molar-refractivity contribution in [3.8, 4) is 0 Å². The van der Waals surface area contributed by atoms with Crippen LogP contribution in [0.15, 0.2) is 0 Å². The van der Waals surface area contributed by atoms with E-state index in [0.717, 1.165) is 7.11 Å². The molecular weight excluding hydrogens is 238 g/mol. The number of ketones is 1. The van der Waals surface area contributed by atoms with Crippen molar-refractivity contribution in [2.45, 2.75) is 33.3 Å². The molecule has 0 aromatic heterocycles. The molecule has 0 heterocycles. The summed E-state index contributed by atoms with van der Waals surface area (Å²) in [6, 6.07) is 0. The summed E-state index contributed by atoms with van der Waals surface area (Å²) >= 11 is 0. The molecule has 0 aliphatic rings. The van der Waals surface area contributed by atoms with Gasteiger partial charge in [-0.25, -0.2) is 9.59 Å². The number of ether oxygens (including phenoxy) is 2. The van der Waals surface area contributed by atoms with Gasteiger partial charge in [-0.1, -0.05) is 6.92 Å². The number of carbonyl (C=O) groups is 3. The second kappa shape index (κ2) is 6.37. The fourth-order valence-electron chi connectivity index (χ4n) is 1.21. The Morgan fingerprint density at radius 2 is 1.72 bits per heavy atom. The first kappa shape index (κ1) is 16.4. The van der Waals surface area contributed by atoms with Crippen LogP contribution >= 0.6 is 0 Å². The number of hydrogen-bond acceptors (Lipinski definition) is 5. The minimum absolute atomic E-state index is 0.100. The first-order valence-corrected chi connectivity index (χ1v) is 5.64. The zero-order valence-corrected chi connectivity index (χ0v) is 11.8. The summed E-state index contributed by atoms with van der Waals surface area (Å²) < 4.78 is 9.46. The largest absolute Gasteiger partial charge is 0.463 e. The number of rotatable bonds is 4. The summed E-state index contributed by atoms with van der Waals surface area (Å²) in [6.45, 7) is 6.91. The van der Waals surface area contributed by atoms with E-state index >= 15 is 0 Å². The predicted octanol–water partition coefficient (Wildman–Crippen LogP) is 1.23. The number of esters is 1. The van der Waals surface area contributed by atoms with E-state index in [1.165, 1.54) is 11.9 Å². The molecule has 1 unspecified atom stereocenters. The molecule has 0 saturated carbocycles. The maximum Gasteiger partial charge on any atom is 0.410 e. The van der Waals surface area contributed by atoms with E-state index in [0.29, 0.717) is 0 Å². The highest BCUT2D eigenvalue weighted by Gasteiger charge is 2.26. The molecular formula is C12H21NO5. The molecule has 6 nitrogen and oxygen atoms in total. The van der Waals surface area contributed by atoms with Gasteiger partial charge in [-0.15, -0.1) is 0 Å². The second-order valence-electron chi connectivity index (χ2n) is 5.12. The monoisotopic (exact) mass is 259 g/mol. The lowest BCUT2D eigenvalue weighted by atomic mass is 10.1. The molecule has 0 saturated heterocycles. The van der Waals surface area contributed by atoms with Crippen LogP contribution in [-0.4, -0.2) is 49.0 Å². The zero-order valence-electron chi connectivity index (χ0n) is 11.8. The topological polar surface area (TPSA) is 72.9 Å². The van der Waals surface area contributed by atoms with Crippen LogP contribution in [0.2, 0.25) is 0 Å². The molecule has 0 aromatic carbocycles. The fourth-order valence-corrected chi connectivity index (χ4v) is 1.21. The highest BCUT2D eigenvalue weighted by atomic mass is 16.6. The van der Waals surface area contributed by atoms with Gasteiger partial charge in [0.1, 0.15) is 5.60 Å². The third kappa shape index (κ3) is 5.65. The molecule has 0 fully saturated rings. The number of hydrogen-bond donors (Lipinski definition) is 0. The molecule has 18 heavy (non-hydrogen) atoms. The lowest BCUT2D eigenvalue weighted by Crippen LogP contribution is -2.39. The summed E-state index contributed by atoms with van der Waals surface area (Å²) in [5.74, 6) is -2.19. The summed E-state index contributed by atoms with van der Waals surface area (Å²) in [4.78, 5) is 35.4. The Kier molecular flexibility index (Phi) is 5.81. The summed E-state index contributed by atoms with van der Waals surface area (Å²) in [7, 11) is 2.65. The smallest absolute Gasteiger partial charge is 0.410 e. The minimum Gasteiger partial charge on any atom is -0.463 e. The third-order valence-corrected chi connectivity index (χ3v) is 2.09. The van der Waals surface area contributed by atoms with Gasteiger partial charge in [0, 0.05) is 19.5 Å². The molecule has 104 valence electrons. The van der Waals surface area contributed by atoms with Crippen LogP contribution in [0.5, 0.6) is 0 Å². The van der Waals surface area contributed by atoms with Gasteiger partial charge in [0.2, 0.25) is 5.78 Å². The predicted molar refractivity (Wildman–Crippen MR) is 65.1 cm³/mol. The van der Waals surface area contributed by atoms with Crippen LogP contribution in [0.3, 0.4) is 0 Å². The summed E-state index contributed by atoms with van der Waals surface area (Å²) in [5, 5.41) is 0. The molecule has 0 spiro atoms. The molecule has 0 aromatic rings. The Morgan fingerprint density at radius 3 is 2.11 bits per heavy atom. The summed E-state index contributed by atoms with van der Waals surface area (Å²) in [5.41, 5.74) is -0.596. The first-order valence-electron chi connectivity index (χ1n) is 5.64. The molecule has 0 aliphatic heterocycles.